The Morgan fingerprint density at radius 2 is 2.17 bits per heavy atom. The summed E-state index contributed by atoms with van der Waals surface area (Å²) in [6, 6.07) is 2.25. The Kier molecular flexibility index (Phi) is 6.93. The van der Waals surface area contributed by atoms with Crippen molar-refractivity contribution in [3.63, 3.8) is 0 Å². The number of hydrogen-bond acceptors (Lipinski definition) is 4. The van der Waals surface area contributed by atoms with Gasteiger partial charge in [-0.25, -0.2) is 0 Å². The smallest absolute Gasteiger partial charge is 0.0700 e. The largest absolute Gasteiger partial charge is 0.382 e. The Morgan fingerprint density at radius 1 is 1.39 bits per heavy atom. The minimum Gasteiger partial charge on any atom is -0.382 e. The maximum Gasteiger partial charge on any atom is 0.0700 e. The van der Waals surface area contributed by atoms with Gasteiger partial charge in [-0.15, -0.1) is 0 Å². The molecule has 0 spiro atoms. The quantitative estimate of drug-likeness (QED) is 0.666. The van der Waals surface area contributed by atoms with Crippen LogP contribution in [0.5, 0.6) is 0 Å². The highest BCUT2D eigenvalue weighted by molar-refractivity contribution is 5.11. The van der Waals surface area contributed by atoms with Crippen molar-refractivity contribution in [1.82, 2.24) is 9.78 Å². The molecular formula is C13H25N3O2. The lowest BCUT2D eigenvalue weighted by Gasteiger charge is -2.11. The predicted molar refractivity (Wildman–Crippen MR) is 71.6 cm³/mol. The molecule has 5 nitrogen and oxygen atoms in total. The topological polar surface area (TPSA) is 62.3 Å². The highest BCUT2D eigenvalue weighted by atomic mass is 16.5. The molecule has 0 aliphatic heterocycles. The first kappa shape index (κ1) is 15.1. The first-order chi connectivity index (χ1) is 8.67. The molecule has 5 heteroatoms. The first-order valence-electron chi connectivity index (χ1n) is 6.51. The van der Waals surface area contributed by atoms with E-state index in [1.54, 1.807) is 7.11 Å². The van der Waals surface area contributed by atoms with Crippen molar-refractivity contribution in [2.45, 2.75) is 32.2 Å². The van der Waals surface area contributed by atoms with Gasteiger partial charge >= 0.3 is 0 Å². The molecule has 1 unspecified atom stereocenters. The second-order valence-corrected chi connectivity index (χ2v) is 4.46. The van der Waals surface area contributed by atoms with E-state index in [4.69, 9.17) is 15.2 Å². The Bertz CT molecular complexity index is 339. The third kappa shape index (κ3) is 5.16. The normalized spacial score (nSPS) is 12.9. The van der Waals surface area contributed by atoms with E-state index in [0.717, 1.165) is 25.0 Å². The second-order valence-electron chi connectivity index (χ2n) is 4.46. The third-order valence-corrected chi connectivity index (χ3v) is 2.93. The van der Waals surface area contributed by atoms with Gasteiger partial charge < -0.3 is 15.2 Å². The van der Waals surface area contributed by atoms with Gasteiger partial charge in [-0.3, -0.25) is 4.68 Å². The van der Waals surface area contributed by atoms with Crippen molar-refractivity contribution in [2.75, 3.05) is 26.9 Å². The summed E-state index contributed by atoms with van der Waals surface area (Å²) in [7, 11) is 3.64. The van der Waals surface area contributed by atoms with E-state index in [1.165, 1.54) is 5.69 Å². The van der Waals surface area contributed by atoms with Crippen LogP contribution in [0.3, 0.4) is 0 Å². The van der Waals surface area contributed by atoms with Crippen LogP contribution in [-0.4, -0.2) is 42.8 Å². The van der Waals surface area contributed by atoms with Gasteiger partial charge in [-0.1, -0.05) is 6.92 Å². The van der Waals surface area contributed by atoms with E-state index in [0.29, 0.717) is 19.8 Å². The van der Waals surface area contributed by atoms with Gasteiger partial charge in [0.05, 0.1) is 18.9 Å². The van der Waals surface area contributed by atoms with Crippen LogP contribution < -0.4 is 5.73 Å². The Morgan fingerprint density at radius 3 is 2.78 bits per heavy atom. The molecule has 0 saturated heterocycles. The summed E-state index contributed by atoms with van der Waals surface area (Å²) in [4.78, 5) is 0. The fraction of sp³-hybridized carbons (Fsp3) is 0.769. The van der Waals surface area contributed by atoms with Crippen molar-refractivity contribution in [3.8, 4) is 0 Å². The highest BCUT2D eigenvalue weighted by Gasteiger charge is 2.09. The molecule has 0 fully saturated rings. The molecule has 0 saturated carbocycles. The van der Waals surface area contributed by atoms with Crippen LogP contribution in [0.25, 0.3) is 0 Å². The van der Waals surface area contributed by atoms with E-state index >= 15 is 0 Å². The molecule has 0 aliphatic carbocycles. The lowest BCUT2D eigenvalue weighted by Crippen LogP contribution is -2.26. The van der Waals surface area contributed by atoms with Crippen molar-refractivity contribution in [2.24, 2.45) is 12.8 Å². The second kappa shape index (κ2) is 8.24. The maximum absolute atomic E-state index is 6.09. The third-order valence-electron chi connectivity index (χ3n) is 2.93. The molecule has 18 heavy (non-hydrogen) atoms. The number of hydrogen-bond donors (Lipinski definition) is 1. The summed E-state index contributed by atoms with van der Waals surface area (Å²) >= 11 is 0. The zero-order valence-corrected chi connectivity index (χ0v) is 11.7. The minimum absolute atomic E-state index is 0.118. The number of aromatic nitrogens is 2. The lowest BCUT2D eigenvalue weighted by atomic mass is 10.1. The predicted octanol–water partition coefficient (Wildman–Crippen LogP) is 0.905. The van der Waals surface area contributed by atoms with Crippen LogP contribution >= 0.6 is 0 Å². The zero-order valence-electron chi connectivity index (χ0n) is 11.7. The molecule has 1 aromatic heterocycles. The summed E-state index contributed by atoms with van der Waals surface area (Å²) in [6.45, 7) is 4.06. The van der Waals surface area contributed by atoms with Gasteiger partial charge in [0.1, 0.15) is 0 Å². The minimum atomic E-state index is 0.118. The molecule has 1 rings (SSSR count). The molecule has 1 atom stereocenters. The monoisotopic (exact) mass is 255 g/mol. The molecule has 0 amide bonds. The van der Waals surface area contributed by atoms with E-state index in [2.05, 4.69) is 18.1 Å². The van der Waals surface area contributed by atoms with Crippen LogP contribution in [0.15, 0.2) is 6.07 Å². The first-order valence-corrected chi connectivity index (χ1v) is 6.51. The van der Waals surface area contributed by atoms with E-state index in [9.17, 15) is 0 Å². The number of rotatable bonds is 9. The van der Waals surface area contributed by atoms with Gasteiger partial charge in [0.25, 0.3) is 0 Å². The summed E-state index contributed by atoms with van der Waals surface area (Å²) < 4.78 is 12.2. The van der Waals surface area contributed by atoms with Gasteiger partial charge in [0, 0.05) is 38.9 Å². The van der Waals surface area contributed by atoms with Crippen LogP contribution in [0.1, 0.15) is 24.7 Å². The maximum atomic E-state index is 6.09. The Balaban J connectivity index is 2.26. The number of methoxy groups -OCH3 is 1. The van der Waals surface area contributed by atoms with Crippen molar-refractivity contribution < 1.29 is 9.47 Å². The summed E-state index contributed by atoms with van der Waals surface area (Å²) in [5, 5.41) is 4.42. The zero-order chi connectivity index (χ0) is 13.4. The van der Waals surface area contributed by atoms with Crippen molar-refractivity contribution in [1.29, 1.82) is 0 Å². The average molecular weight is 255 g/mol. The molecule has 0 bridgehead atoms. The molecule has 1 aromatic rings. The van der Waals surface area contributed by atoms with Crippen LogP contribution in [-0.2, 0) is 29.4 Å². The fourth-order valence-electron chi connectivity index (χ4n) is 1.79. The van der Waals surface area contributed by atoms with Gasteiger partial charge in [0.15, 0.2) is 0 Å². The molecule has 2 N–H and O–H groups in total. The standard InChI is InChI=1S/C13H25N3O2/c1-4-12-10-13(16(2)15-12)9-11(14)5-6-18-8-7-17-3/h10-11H,4-9,14H2,1-3H3. The number of ether oxygens (including phenoxy) is 2. The summed E-state index contributed by atoms with van der Waals surface area (Å²) in [6.07, 6.45) is 2.66. The molecule has 104 valence electrons. The number of aryl methyl sites for hydroxylation is 2. The molecule has 0 radical (unpaired) electrons. The van der Waals surface area contributed by atoms with E-state index < -0.39 is 0 Å². The SMILES string of the molecule is CCc1cc(CC(N)CCOCCOC)n(C)n1. The van der Waals surface area contributed by atoms with Crippen molar-refractivity contribution >= 4 is 0 Å². The summed E-state index contributed by atoms with van der Waals surface area (Å²) in [5.41, 5.74) is 8.40. The van der Waals surface area contributed by atoms with E-state index in [1.807, 2.05) is 11.7 Å². The van der Waals surface area contributed by atoms with Crippen LogP contribution in [0.2, 0.25) is 0 Å². The Hall–Kier alpha value is -0.910. The lowest BCUT2D eigenvalue weighted by molar-refractivity contribution is 0.0672. The average Bonchev–Trinajstić information content (AvgIpc) is 2.70. The molecular weight excluding hydrogens is 230 g/mol. The summed E-state index contributed by atoms with van der Waals surface area (Å²) in [5.74, 6) is 0. The Labute approximate surface area is 109 Å². The number of nitrogens with zero attached hydrogens (tertiary/aromatic N) is 2. The molecule has 0 aliphatic rings. The van der Waals surface area contributed by atoms with Crippen molar-refractivity contribution in [3.05, 3.63) is 17.5 Å². The molecule has 1 heterocycles. The van der Waals surface area contributed by atoms with Crippen LogP contribution in [0.4, 0.5) is 0 Å². The fourth-order valence-corrected chi connectivity index (χ4v) is 1.79. The highest BCUT2D eigenvalue weighted by Crippen LogP contribution is 2.07. The van der Waals surface area contributed by atoms with Gasteiger partial charge in [-0.05, 0) is 18.9 Å². The number of nitrogens with two attached hydrogens (primary N) is 1. The van der Waals surface area contributed by atoms with Gasteiger partial charge in [0.2, 0.25) is 0 Å². The van der Waals surface area contributed by atoms with Gasteiger partial charge in [-0.2, -0.15) is 5.10 Å². The van der Waals surface area contributed by atoms with Crippen LogP contribution in [0, 0.1) is 0 Å². The van der Waals surface area contributed by atoms with E-state index in [-0.39, 0.29) is 6.04 Å². The molecule has 0 aromatic carbocycles.